The van der Waals surface area contributed by atoms with Gasteiger partial charge >= 0.3 is 29.8 Å². The number of carboxylic acids is 5. The van der Waals surface area contributed by atoms with E-state index in [1.807, 2.05) is 0 Å². The third kappa shape index (κ3) is 49.4. The minimum Gasteiger partial charge on any atom is -0.481 e. The maximum absolute atomic E-state index is 14.4. The molecule has 0 aromatic rings. The van der Waals surface area contributed by atoms with Crippen molar-refractivity contribution in [1.82, 2.24) is 101 Å². The molecular weight excluding hydrogens is 1870 g/mol. The summed E-state index contributed by atoms with van der Waals surface area (Å²) in [6.07, 6.45) is -11.7. The number of nitrogens with two attached hydrogens (primary N) is 4. The number of amides is 18. The van der Waals surface area contributed by atoms with Crippen LogP contribution in [0.15, 0.2) is 0 Å². The number of nitrogens with one attached hydrogen (secondary N) is 20. The zero-order valence-electron chi connectivity index (χ0n) is 81.0. The molecule has 23 atom stereocenters. The number of hydrogen-bond acceptors (Lipinski definition) is 32. The average Bonchev–Trinajstić information content (AvgIpc) is 0.830. The van der Waals surface area contributed by atoms with Gasteiger partial charge in [-0.05, 0) is 149 Å². The highest BCUT2D eigenvalue weighted by atomic mass is 16.4. The zero-order valence-corrected chi connectivity index (χ0v) is 81.0. The molecule has 0 radical (unpaired) electrons. The molecular formula is C84H146N24O33. The topological polar surface area (TPSA) is 951 Å². The summed E-state index contributed by atoms with van der Waals surface area (Å²) < 4.78 is 0. The number of aliphatic carboxylic acids is 5. The number of rotatable bonds is 71. The molecule has 0 unspecified atom stereocenters. The number of aliphatic hydroxyl groups is 5. The summed E-state index contributed by atoms with van der Waals surface area (Å²) >= 11 is 0. The lowest BCUT2D eigenvalue weighted by Crippen LogP contribution is -2.63. The van der Waals surface area contributed by atoms with Crippen molar-refractivity contribution in [3.05, 3.63) is 0 Å². The molecule has 0 aliphatic rings. The van der Waals surface area contributed by atoms with Crippen LogP contribution in [0.2, 0.25) is 0 Å². The number of hydrogen-bond donors (Lipinski definition) is 34. The number of carbonyl (C=O) groups excluding carboxylic acids is 18. The fourth-order valence-corrected chi connectivity index (χ4v) is 13.0. The molecule has 57 heteroatoms. The number of unbranched alkanes of at least 4 members (excludes halogenated alkanes) is 2. The molecule has 0 bridgehead atoms. The fraction of sp³-hybridized carbons (Fsp3) is 0.714. The van der Waals surface area contributed by atoms with Crippen LogP contribution in [-0.2, 0) is 110 Å². The minimum atomic E-state index is -2.12. The molecule has 0 aliphatic heterocycles. The summed E-state index contributed by atoms with van der Waals surface area (Å²) in [6.45, 7) is 12.9. The SMILES string of the molecule is CC[C@H](C)[C@H](NC(=O)CNC(=O)[C@H](CO)NC(=O)[C@H](CCCCN)NC(=O)[C@@H](NC(=O)[C@@H](NC(=O)[C@H](CCC(=O)O)NC(=O)[C@H](CCC(=O)O)NC(=O)[C@H](C)NC(=O)[C@@H](N)CCC(=O)O)[C@@H](C)O)[C@@H](C)O)C(=O)N[C@H](C(=O)N[C@H](C(=O)N[C@H](C(=O)NCC(=O)N[C@H](C(=O)N[C@@H](C)C(=O)N[C@@H](CCCCN)C(=O)N[C@@H](CCC(=O)O)C(=O)N[C@@H](CCCNC(=N)N)C(=O)O)[C@@H](C)O)[C@@H](C)O)C(C)C)[C@@H](C)CC. The van der Waals surface area contributed by atoms with Crippen LogP contribution in [0.25, 0.3) is 0 Å². The predicted molar refractivity (Wildman–Crippen MR) is 494 cm³/mol. The van der Waals surface area contributed by atoms with Crippen LogP contribution in [0.5, 0.6) is 0 Å². The second-order valence-electron chi connectivity index (χ2n) is 34.2. The average molecular weight is 2020 g/mol. The van der Waals surface area contributed by atoms with Crippen LogP contribution < -0.4 is 124 Å². The van der Waals surface area contributed by atoms with E-state index in [2.05, 4.69) is 101 Å². The normalized spacial score (nSPS) is 16.0. The molecule has 0 heterocycles. The number of carboxylic acid groups (broad SMARTS) is 5. The van der Waals surface area contributed by atoms with E-state index in [1.165, 1.54) is 13.8 Å². The van der Waals surface area contributed by atoms with E-state index < -0.39 is 352 Å². The lowest BCUT2D eigenvalue weighted by atomic mass is 9.94. The Labute approximate surface area is 812 Å². The Morgan fingerprint density at radius 2 is 0.567 bits per heavy atom. The Balaban J connectivity index is 6.57. The van der Waals surface area contributed by atoms with E-state index in [0.717, 1.165) is 41.5 Å². The van der Waals surface area contributed by atoms with Crippen molar-refractivity contribution in [3.63, 3.8) is 0 Å². The fourth-order valence-electron chi connectivity index (χ4n) is 13.0. The summed E-state index contributed by atoms with van der Waals surface area (Å²) in [6, 6.07) is -28.9. The number of carbonyl (C=O) groups is 23. The van der Waals surface area contributed by atoms with E-state index in [1.54, 1.807) is 27.7 Å². The highest BCUT2D eigenvalue weighted by Crippen LogP contribution is 2.17. The van der Waals surface area contributed by atoms with E-state index in [-0.39, 0.29) is 83.8 Å². The van der Waals surface area contributed by atoms with Gasteiger partial charge in [0.05, 0.1) is 50.2 Å². The van der Waals surface area contributed by atoms with E-state index in [9.17, 15) is 156 Å². The molecule has 800 valence electrons. The zero-order chi connectivity index (χ0) is 108. The Kier molecular flexibility index (Phi) is 60.2. The van der Waals surface area contributed by atoms with E-state index in [4.69, 9.17) is 33.5 Å². The molecule has 0 aliphatic carbocycles. The van der Waals surface area contributed by atoms with Gasteiger partial charge in [-0.1, -0.05) is 54.4 Å². The molecule has 0 fully saturated rings. The van der Waals surface area contributed by atoms with Gasteiger partial charge in [-0.3, -0.25) is 111 Å². The van der Waals surface area contributed by atoms with E-state index >= 15 is 0 Å². The van der Waals surface area contributed by atoms with Crippen molar-refractivity contribution in [3.8, 4) is 0 Å². The van der Waals surface area contributed by atoms with Gasteiger partial charge < -0.3 is 175 Å². The minimum absolute atomic E-state index is 0.0515. The van der Waals surface area contributed by atoms with Crippen molar-refractivity contribution in [1.29, 1.82) is 5.41 Å². The third-order valence-corrected chi connectivity index (χ3v) is 21.9. The van der Waals surface area contributed by atoms with E-state index in [0.29, 0.717) is 6.42 Å². The molecule has 0 aromatic carbocycles. The van der Waals surface area contributed by atoms with Gasteiger partial charge in [0.25, 0.3) is 0 Å². The van der Waals surface area contributed by atoms with Crippen LogP contribution in [0.1, 0.15) is 199 Å². The van der Waals surface area contributed by atoms with Crippen molar-refractivity contribution >= 4 is 142 Å². The molecule has 0 rings (SSSR count). The lowest BCUT2D eigenvalue weighted by Gasteiger charge is -2.31. The Hall–Kier alpha value is -13.2. The summed E-state index contributed by atoms with van der Waals surface area (Å²) in [5.74, 6) is -30.5. The molecule has 0 aromatic heterocycles. The molecule has 0 saturated carbocycles. The van der Waals surface area contributed by atoms with Crippen LogP contribution in [0.3, 0.4) is 0 Å². The third-order valence-electron chi connectivity index (χ3n) is 21.9. The smallest absolute Gasteiger partial charge is 0.326 e. The predicted octanol–water partition coefficient (Wildman–Crippen LogP) is -12.3. The van der Waals surface area contributed by atoms with Gasteiger partial charge in [0, 0.05) is 32.2 Å². The number of aliphatic hydroxyl groups excluding tert-OH is 5. The van der Waals surface area contributed by atoms with Crippen molar-refractivity contribution in [2.24, 2.45) is 40.7 Å². The Morgan fingerprint density at radius 3 is 0.936 bits per heavy atom. The van der Waals surface area contributed by atoms with Gasteiger partial charge in [0.1, 0.15) is 96.7 Å². The van der Waals surface area contributed by atoms with Crippen LogP contribution in [0, 0.1) is 23.2 Å². The van der Waals surface area contributed by atoms with Crippen LogP contribution in [0.4, 0.5) is 0 Å². The summed E-state index contributed by atoms with van der Waals surface area (Å²) in [5, 5.41) is 152. The summed E-state index contributed by atoms with van der Waals surface area (Å²) in [4.78, 5) is 306. The first-order valence-corrected chi connectivity index (χ1v) is 45.9. The molecule has 0 saturated heterocycles. The molecule has 38 N–H and O–H groups in total. The monoisotopic (exact) mass is 2020 g/mol. The van der Waals surface area contributed by atoms with Crippen molar-refractivity contribution in [2.75, 3.05) is 39.3 Å². The molecule has 141 heavy (non-hydrogen) atoms. The highest BCUT2D eigenvalue weighted by Gasteiger charge is 2.42. The lowest BCUT2D eigenvalue weighted by molar-refractivity contribution is -0.143. The first-order chi connectivity index (χ1) is 65.8. The number of guanidine groups is 1. The standard InChI is InChI=1S/C84H146N24O33/c1-13-38(5)61(102-54(114)34-91-70(127)53(36-109)101-72(129)48(21-16-18-32-86)99-81(138)65(44(11)112)108-82(139)66(45(12)113)106-75(132)51(26-30-59(122)123)98-73(130)49(24-28-57(118)119)96-67(124)40(7)93-69(126)46(87)23-27-56(116)117)78(135)105-62(39(6)14-2)79(136)104-60(37(3)4)77(134)107-63(42(9)110)76(133)92-35-55(115)103-64(43(10)111)80(137)94-41(8)68(125)95-47(20-15-17-31-85)71(128)97-50(25-29-58(120)121)74(131)100-52(83(140)141)22-19-33-90-84(88)89/h37-53,60-66,109-113H,13-36,85-87H2,1-12H3,(H,91,127)(H,92,133)(H,93,126)(H,94,137)(H,95,125)(H,96,124)(H,97,128)(H,98,130)(H,99,138)(H,100,131)(H,101,129)(H,102,114)(H,103,115)(H,104,136)(H,105,135)(H,106,132)(H,107,134)(H,108,139)(H,116,117)(H,118,119)(H,120,121)(H,122,123)(H,140,141)(H4,88,89,90)/t38-,39-,40-,41-,42+,43+,44+,45+,46-,47-,48-,49-,50-,51-,52-,53-,60-,61-,62-,63-,64-,65-,66-/m0/s1. The molecule has 0 spiro atoms. The first-order valence-electron chi connectivity index (χ1n) is 45.9. The second kappa shape index (κ2) is 66.4. The van der Waals surface area contributed by atoms with Crippen LogP contribution >= 0.6 is 0 Å². The van der Waals surface area contributed by atoms with Crippen molar-refractivity contribution in [2.45, 2.75) is 326 Å². The molecule has 57 nitrogen and oxygen atoms in total. The summed E-state index contributed by atoms with van der Waals surface area (Å²) in [5.41, 5.74) is 22.3. The van der Waals surface area contributed by atoms with Gasteiger partial charge in [0.2, 0.25) is 106 Å². The van der Waals surface area contributed by atoms with Gasteiger partial charge in [-0.2, -0.15) is 0 Å². The second-order valence-corrected chi connectivity index (χ2v) is 34.2. The van der Waals surface area contributed by atoms with Crippen LogP contribution in [-0.4, -0.2) is 360 Å². The quantitative estimate of drug-likeness (QED) is 0.0153. The Morgan fingerprint density at radius 1 is 0.291 bits per heavy atom. The van der Waals surface area contributed by atoms with Crippen molar-refractivity contribution < 1.29 is 161 Å². The van der Waals surface area contributed by atoms with Gasteiger partial charge in [-0.25, -0.2) is 4.79 Å². The maximum Gasteiger partial charge on any atom is 0.326 e. The Bertz CT molecular complexity index is 4240. The largest absolute Gasteiger partial charge is 0.481 e. The maximum atomic E-state index is 14.4. The van der Waals surface area contributed by atoms with Gasteiger partial charge in [0.15, 0.2) is 5.96 Å². The highest BCUT2D eigenvalue weighted by molar-refractivity contribution is 6.02. The molecule has 18 amide bonds. The van der Waals surface area contributed by atoms with Gasteiger partial charge in [-0.15, -0.1) is 0 Å². The first kappa shape index (κ1) is 128. The summed E-state index contributed by atoms with van der Waals surface area (Å²) in [7, 11) is 0.